The maximum absolute atomic E-state index is 11.9. The number of nitrogens with one attached hydrogen (secondary N) is 3. The Kier molecular flexibility index (Phi) is 3.23. The molecule has 0 saturated heterocycles. The third kappa shape index (κ3) is 3.07. The van der Waals surface area contributed by atoms with Crippen LogP contribution in [0, 0.1) is 5.92 Å². The second kappa shape index (κ2) is 5.58. The van der Waals surface area contributed by atoms with Gasteiger partial charge in [-0.25, -0.2) is 9.97 Å². The van der Waals surface area contributed by atoms with Crippen LogP contribution in [0.2, 0.25) is 0 Å². The van der Waals surface area contributed by atoms with Crippen LogP contribution in [0.25, 0.3) is 22.2 Å². The topological polar surface area (TPSA) is 82.7 Å². The number of nitrogens with zero attached hydrogens (tertiary/aromatic N) is 2. The molecule has 3 N–H and O–H groups in total. The van der Waals surface area contributed by atoms with Crippen LogP contribution in [0.4, 0.5) is 11.6 Å². The largest absolute Gasteiger partial charge is 0.367 e. The van der Waals surface area contributed by atoms with Gasteiger partial charge in [0.05, 0.1) is 5.52 Å². The fourth-order valence-electron chi connectivity index (χ4n) is 2.94. The summed E-state index contributed by atoms with van der Waals surface area (Å²) in [6.07, 6.45) is 8.03. The van der Waals surface area contributed by atoms with E-state index >= 15 is 0 Å². The molecule has 5 rings (SSSR count). The Morgan fingerprint density at radius 2 is 1.96 bits per heavy atom. The van der Waals surface area contributed by atoms with Crippen molar-refractivity contribution in [3.8, 4) is 11.3 Å². The van der Waals surface area contributed by atoms with Gasteiger partial charge in [-0.15, -0.1) is 0 Å². The number of carbonyl (C=O) groups is 1. The SMILES string of the molecule is O=C(Nc1cc2[nH]c(-c3ccnc(NC4CC4)c3)cc2cn1)C1CC1. The summed E-state index contributed by atoms with van der Waals surface area (Å²) in [5.41, 5.74) is 3.06. The first-order valence-corrected chi connectivity index (χ1v) is 8.77. The fraction of sp³-hybridized carbons (Fsp3) is 0.316. The average molecular weight is 333 g/mol. The summed E-state index contributed by atoms with van der Waals surface area (Å²) < 4.78 is 0. The summed E-state index contributed by atoms with van der Waals surface area (Å²) in [6, 6.07) is 8.60. The molecule has 1 amide bonds. The first kappa shape index (κ1) is 14.5. The molecule has 2 aliphatic carbocycles. The molecule has 0 bridgehead atoms. The summed E-state index contributed by atoms with van der Waals surface area (Å²) in [5, 5.41) is 7.34. The van der Waals surface area contributed by atoms with Crippen molar-refractivity contribution in [2.75, 3.05) is 10.6 Å². The molecule has 3 aromatic rings. The van der Waals surface area contributed by atoms with E-state index in [4.69, 9.17) is 0 Å². The smallest absolute Gasteiger partial charge is 0.228 e. The first-order chi connectivity index (χ1) is 12.2. The number of aromatic nitrogens is 3. The molecule has 6 heteroatoms. The Morgan fingerprint density at radius 3 is 2.76 bits per heavy atom. The van der Waals surface area contributed by atoms with E-state index in [0.29, 0.717) is 11.9 Å². The molecule has 0 aliphatic heterocycles. The van der Waals surface area contributed by atoms with Crippen LogP contribution in [0.5, 0.6) is 0 Å². The van der Waals surface area contributed by atoms with E-state index < -0.39 is 0 Å². The van der Waals surface area contributed by atoms with Gasteiger partial charge in [-0.05, 0) is 43.9 Å². The summed E-state index contributed by atoms with van der Waals surface area (Å²) in [6.45, 7) is 0. The zero-order valence-electron chi connectivity index (χ0n) is 13.7. The number of carbonyl (C=O) groups excluding carboxylic acids is 1. The molecule has 2 fully saturated rings. The van der Waals surface area contributed by atoms with Crippen LogP contribution in [0.1, 0.15) is 25.7 Å². The van der Waals surface area contributed by atoms with Gasteiger partial charge in [-0.2, -0.15) is 0 Å². The highest BCUT2D eigenvalue weighted by Crippen LogP contribution is 2.31. The summed E-state index contributed by atoms with van der Waals surface area (Å²) in [4.78, 5) is 24.0. The quantitative estimate of drug-likeness (QED) is 0.667. The Morgan fingerprint density at radius 1 is 1.08 bits per heavy atom. The number of H-pyrrole nitrogens is 1. The zero-order chi connectivity index (χ0) is 16.8. The molecule has 6 nitrogen and oxygen atoms in total. The Balaban J connectivity index is 1.42. The van der Waals surface area contributed by atoms with E-state index in [1.54, 1.807) is 6.20 Å². The van der Waals surface area contributed by atoms with Gasteiger partial charge >= 0.3 is 0 Å². The molecular formula is C19H19N5O. The van der Waals surface area contributed by atoms with Crippen LogP contribution in [-0.2, 0) is 4.79 Å². The Hall–Kier alpha value is -2.89. The Bertz CT molecular complexity index is 955. The highest BCUT2D eigenvalue weighted by molar-refractivity contribution is 5.95. The molecule has 0 spiro atoms. The molecule has 126 valence electrons. The van der Waals surface area contributed by atoms with Gasteiger partial charge in [0.15, 0.2) is 0 Å². The molecule has 3 heterocycles. The predicted octanol–water partition coefficient (Wildman–Crippen LogP) is 3.55. The average Bonchev–Trinajstić information content (AvgIpc) is 3.53. The maximum atomic E-state index is 11.9. The second-order valence-electron chi connectivity index (χ2n) is 6.95. The van der Waals surface area contributed by atoms with E-state index in [1.165, 1.54) is 12.8 Å². The monoisotopic (exact) mass is 333 g/mol. The minimum absolute atomic E-state index is 0.0727. The van der Waals surface area contributed by atoms with Crippen molar-refractivity contribution in [3.63, 3.8) is 0 Å². The number of hydrogen-bond donors (Lipinski definition) is 3. The van der Waals surface area contributed by atoms with E-state index in [9.17, 15) is 4.79 Å². The molecular weight excluding hydrogens is 314 g/mol. The predicted molar refractivity (Wildman–Crippen MR) is 97.3 cm³/mol. The highest BCUT2D eigenvalue weighted by Gasteiger charge is 2.29. The number of fused-ring (bicyclic) bond motifs is 1. The first-order valence-electron chi connectivity index (χ1n) is 8.77. The number of hydrogen-bond acceptors (Lipinski definition) is 4. The van der Waals surface area contributed by atoms with Gasteiger partial charge in [-0.3, -0.25) is 4.79 Å². The van der Waals surface area contributed by atoms with Gasteiger partial charge < -0.3 is 15.6 Å². The van der Waals surface area contributed by atoms with Crippen LogP contribution >= 0.6 is 0 Å². The van der Waals surface area contributed by atoms with Gasteiger partial charge in [0.2, 0.25) is 5.91 Å². The molecule has 2 aliphatic rings. The maximum Gasteiger partial charge on any atom is 0.228 e. The van der Waals surface area contributed by atoms with E-state index in [2.05, 4.69) is 37.7 Å². The number of aromatic amines is 1. The molecule has 0 radical (unpaired) electrons. The number of amides is 1. The highest BCUT2D eigenvalue weighted by atomic mass is 16.2. The van der Waals surface area contributed by atoms with Gasteiger partial charge in [0.1, 0.15) is 11.6 Å². The standard InChI is InChI=1S/C19H19N5O/c25-19(11-1-2-11)24-18-9-16-13(10-21-18)7-15(23-16)12-5-6-20-17(8-12)22-14-3-4-14/h5-11,14,23H,1-4H2,(H,20,22)(H,21,24,25). The molecule has 2 saturated carbocycles. The van der Waals surface area contributed by atoms with Crippen LogP contribution < -0.4 is 10.6 Å². The second-order valence-corrected chi connectivity index (χ2v) is 6.95. The third-order valence-corrected chi connectivity index (χ3v) is 4.70. The summed E-state index contributed by atoms with van der Waals surface area (Å²) in [5.74, 6) is 1.76. The summed E-state index contributed by atoms with van der Waals surface area (Å²) >= 11 is 0. The van der Waals surface area contributed by atoms with Crippen LogP contribution in [0.3, 0.4) is 0 Å². The molecule has 25 heavy (non-hydrogen) atoms. The third-order valence-electron chi connectivity index (χ3n) is 4.70. The van der Waals surface area contributed by atoms with Crippen molar-refractivity contribution in [3.05, 3.63) is 36.7 Å². The fourth-order valence-corrected chi connectivity index (χ4v) is 2.94. The number of pyridine rings is 2. The van der Waals surface area contributed by atoms with Crippen LogP contribution in [0.15, 0.2) is 36.7 Å². The lowest BCUT2D eigenvalue weighted by Gasteiger charge is -2.05. The Labute approximate surface area is 145 Å². The normalized spacial score (nSPS) is 16.8. The van der Waals surface area contributed by atoms with Crippen molar-refractivity contribution in [1.29, 1.82) is 0 Å². The lowest BCUT2D eigenvalue weighted by molar-refractivity contribution is -0.117. The van der Waals surface area contributed by atoms with Crippen LogP contribution in [-0.4, -0.2) is 26.9 Å². The van der Waals surface area contributed by atoms with E-state index in [1.807, 2.05) is 18.3 Å². The van der Waals surface area contributed by atoms with E-state index in [-0.39, 0.29) is 11.8 Å². The summed E-state index contributed by atoms with van der Waals surface area (Å²) in [7, 11) is 0. The van der Waals surface area contributed by atoms with E-state index in [0.717, 1.165) is 40.8 Å². The zero-order valence-corrected chi connectivity index (χ0v) is 13.7. The van der Waals surface area contributed by atoms with Crippen molar-refractivity contribution < 1.29 is 4.79 Å². The lowest BCUT2D eigenvalue weighted by Crippen LogP contribution is -2.14. The molecule has 0 atom stereocenters. The number of anilines is 2. The molecule has 0 unspecified atom stereocenters. The van der Waals surface area contributed by atoms with Crippen molar-refractivity contribution in [1.82, 2.24) is 15.0 Å². The van der Waals surface area contributed by atoms with Crippen molar-refractivity contribution >= 4 is 28.4 Å². The lowest BCUT2D eigenvalue weighted by atomic mass is 10.2. The number of rotatable bonds is 5. The molecule has 3 aromatic heterocycles. The molecule has 0 aromatic carbocycles. The van der Waals surface area contributed by atoms with Gasteiger partial charge in [0, 0.05) is 47.1 Å². The van der Waals surface area contributed by atoms with Crippen molar-refractivity contribution in [2.24, 2.45) is 5.92 Å². The van der Waals surface area contributed by atoms with Crippen molar-refractivity contribution in [2.45, 2.75) is 31.7 Å². The minimum Gasteiger partial charge on any atom is -0.367 e. The minimum atomic E-state index is 0.0727. The van der Waals surface area contributed by atoms with Gasteiger partial charge in [0.25, 0.3) is 0 Å². The van der Waals surface area contributed by atoms with Gasteiger partial charge in [-0.1, -0.05) is 0 Å².